The summed E-state index contributed by atoms with van der Waals surface area (Å²) in [6, 6.07) is 9.71. The standard InChI is InChI=1S/C24H29BrF3N3O4S/c1-16(22(33)29-23(2,3)4)30(14-17-9-11-19(25)12-10-17)21(32)15-31(36(5,34)35)20-8-6-7-18(13-20)24(26,27)28/h6-13,16H,14-15H2,1-5H3,(H,29,33). The second-order valence-electron chi connectivity index (χ2n) is 9.38. The number of hydrogen-bond acceptors (Lipinski definition) is 4. The van der Waals surface area contributed by atoms with Gasteiger partial charge in [-0.2, -0.15) is 13.2 Å². The third-order valence-corrected chi connectivity index (χ3v) is 6.74. The molecule has 0 aliphatic carbocycles. The molecule has 2 aromatic rings. The van der Waals surface area contributed by atoms with Crippen LogP contribution in [-0.4, -0.2) is 49.5 Å². The molecule has 1 N–H and O–H groups in total. The number of nitrogens with one attached hydrogen (secondary N) is 1. The van der Waals surface area contributed by atoms with Crippen molar-refractivity contribution in [1.82, 2.24) is 10.2 Å². The third-order valence-electron chi connectivity index (χ3n) is 5.07. The van der Waals surface area contributed by atoms with Crippen LogP contribution in [-0.2, 0) is 32.3 Å². The van der Waals surface area contributed by atoms with E-state index in [1.807, 2.05) is 0 Å². The van der Waals surface area contributed by atoms with Crippen molar-refractivity contribution in [3.8, 4) is 0 Å². The van der Waals surface area contributed by atoms with Crippen molar-refractivity contribution in [2.75, 3.05) is 17.1 Å². The van der Waals surface area contributed by atoms with E-state index >= 15 is 0 Å². The van der Waals surface area contributed by atoms with Crippen molar-refractivity contribution in [3.05, 3.63) is 64.1 Å². The van der Waals surface area contributed by atoms with Gasteiger partial charge in [-0.1, -0.05) is 34.1 Å². The Kier molecular flexibility index (Phi) is 9.22. The molecule has 0 saturated heterocycles. The molecule has 0 fully saturated rings. The maximum absolute atomic E-state index is 13.4. The summed E-state index contributed by atoms with van der Waals surface area (Å²) in [5.41, 5.74) is -1.28. The fourth-order valence-electron chi connectivity index (χ4n) is 3.29. The highest BCUT2D eigenvalue weighted by Gasteiger charge is 2.34. The highest BCUT2D eigenvalue weighted by atomic mass is 79.9. The van der Waals surface area contributed by atoms with Crippen LogP contribution in [0.25, 0.3) is 0 Å². The minimum atomic E-state index is -4.70. The Labute approximate surface area is 217 Å². The van der Waals surface area contributed by atoms with E-state index in [0.717, 1.165) is 22.9 Å². The lowest BCUT2D eigenvalue weighted by molar-refractivity contribution is -0.140. The molecule has 12 heteroatoms. The number of hydrogen-bond donors (Lipinski definition) is 1. The van der Waals surface area contributed by atoms with Gasteiger partial charge in [0.2, 0.25) is 21.8 Å². The van der Waals surface area contributed by atoms with Gasteiger partial charge < -0.3 is 10.2 Å². The zero-order valence-electron chi connectivity index (χ0n) is 20.6. The van der Waals surface area contributed by atoms with Crippen molar-refractivity contribution in [2.45, 2.75) is 52.0 Å². The number of amides is 2. The normalized spacial score (nSPS) is 13.1. The number of anilines is 1. The van der Waals surface area contributed by atoms with Crippen LogP contribution < -0.4 is 9.62 Å². The second-order valence-corrected chi connectivity index (χ2v) is 12.2. The molecular weight excluding hydrogens is 563 g/mol. The molecule has 0 saturated carbocycles. The fraction of sp³-hybridized carbons (Fsp3) is 0.417. The average molecular weight is 592 g/mol. The van der Waals surface area contributed by atoms with Crippen LogP contribution >= 0.6 is 15.9 Å². The first-order chi connectivity index (χ1) is 16.4. The van der Waals surface area contributed by atoms with Crippen LogP contribution in [0, 0.1) is 0 Å². The molecule has 198 valence electrons. The van der Waals surface area contributed by atoms with Gasteiger partial charge in [-0.15, -0.1) is 0 Å². The minimum Gasteiger partial charge on any atom is -0.350 e. The van der Waals surface area contributed by atoms with E-state index in [0.29, 0.717) is 15.9 Å². The summed E-state index contributed by atoms with van der Waals surface area (Å²) in [6.45, 7) is 6.02. The van der Waals surface area contributed by atoms with E-state index in [4.69, 9.17) is 0 Å². The van der Waals surface area contributed by atoms with Crippen molar-refractivity contribution in [2.24, 2.45) is 0 Å². The van der Waals surface area contributed by atoms with Gasteiger partial charge in [-0.25, -0.2) is 8.42 Å². The molecule has 36 heavy (non-hydrogen) atoms. The first-order valence-electron chi connectivity index (χ1n) is 10.9. The molecular formula is C24H29BrF3N3O4S. The van der Waals surface area contributed by atoms with Crippen molar-refractivity contribution in [3.63, 3.8) is 0 Å². The van der Waals surface area contributed by atoms with E-state index in [1.54, 1.807) is 45.0 Å². The van der Waals surface area contributed by atoms with Gasteiger partial charge in [0.15, 0.2) is 0 Å². The number of rotatable bonds is 8. The summed E-state index contributed by atoms with van der Waals surface area (Å²) >= 11 is 3.33. The lowest BCUT2D eigenvalue weighted by Gasteiger charge is -2.33. The van der Waals surface area contributed by atoms with Crippen LogP contribution in [0.5, 0.6) is 0 Å². The molecule has 7 nitrogen and oxygen atoms in total. The number of carbonyl (C=O) groups is 2. The molecule has 0 heterocycles. The molecule has 0 spiro atoms. The molecule has 2 amide bonds. The van der Waals surface area contributed by atoms with Gasteiger partial charge in [0, 0.05) is 16.6 Å². The van der Waals surface area contributed by atoms with Crippen LogP contribution in [0.1, 0.15) is 38.8 Å². The Morgan fingerprint density at radius 1 is 1.06 bits per heavy atom. The van der Waals surface area contributed by atoms with Crippen LogP contribution in [0.3, 0.4) is 0 Å². The SMILES string of the molecule is CC(C(=O)NC(C)(C)C)N(Cc1ccc(Br)cc1)C(=O)CN(c1cccc(C(F)(F)F)c1)S(C)(=O)=O. The Hall–Kier alpha value is -2.60. The number of sulfonamides is 1. The molecule has 2 aromatic carbocycles. The summed E-state index contributed by atoms with van der Waals surface area (Å²) < 4.78 is 66.1. The Morgan fingerprint density at radius 2 is 1.64 bits per heavy atom. The topological polar surface area (TPSA) is 86.8 Å². The van der Waals surface area contributed by atoms with Crippen molar-refractivity contribution >= 4 is 43.5 Å². The quantitative estimate of drug-likeness (QED) is 0.487. The molecule has 0 bridgehead atoms. The number of carbonyl (C=O) groups excluding carboxylic acids is 2. The minimum absolute atomic E-state index is 0.0228. The fourth-order valence-corrected chi connectivity index (χ4v) is 4.40. The van der Waals surface area contributed by atoms with Gasteiger partial charge in [0.1, 0.15) is 12.6 Å². The van der Waals surface area contributed by atoms with Gasteiger partial charge in [0.05, 0.1) is 17.5 Å². The van der Waals surface area contributed by atoms with E-state index in [1.165, 1.54) is 17.9 Å². The molecule has 1 atom stereocenters. The Bertz CT molecular complexity index is 1200. The van der Waals surface area contributed by atoms with Gasteiger partial charge in [0.25, 0.3) is 0 Å². The maximum Gasteiger partial charge on any atom is 0.416 e. The smallest absolute Gasteiger partial charge is 0.350 e. The lowest BCUT2D eigenvalue weighted by Crippen LogP contribution is -2.54. The highest BCUT2D eigenvalue weighted by Crippen LogP contribution is 2.32. The lowest BCUT2D eigenvalue weighted by atomic mass is 10.1. The third kappa shape index (κ3) is 8.51. The van der Waals surface area contributed by atoms with Crippen LogP contribution in [0.15, 0.2) is 53.0 Å². The second kappa shape index (κ2) is 11.2. The van der Waals surface area contributed by atoms with Crippen molar-refractivity contribution < 1.29 is 31.2 Å². The summed E-state index contributed by atoms with van der Waals surface area (Å²) in [7, 11) is -4.15. The number of alkyl halides is 3. The first-order valence-corrected chi connectivity index (χ1v) is 13.5. The monoisotopic (exact) mass is 591 g/mol. The van der Waals surface area contributed by atoms with E-state index < -0.39 is 51.7 Å². The van der Waals surface area contributed by atoms with E-state index in [9.17, 15) is 31.2 Å². The van der Waals surface area contributed by atoms with Gasteiger partial charge >= 0.3 is 6.18 Å². The van der Waals surface area contributed by atoms with Crippen molar-refractivity contribution in [1.29, 1.82) is 0 Å². The molecule has 0 aliphatic rings. The average Bonchev–Trinajstić information content (AvgIpc) is 2.74. The largest absolute Gasteiger partial charge is 0.416 e. The summed E-state index contributed by atoms with van der Waals surface area (Å²) in [6.07, 6.45) is -3.90. The summed E-state index contributed by atoms with van der Waals surface area (Å²) in [4.78, 5) is 27.5. The Balaban J connectivity index is 2.45. The highest BCUT2D eigenvalue weighted by molar-refractivity contribution is 9.10. The molecule has 0 radical (unpaired) electrons. The van der Waals surface area contributed by atoms with Crippen LogP contribution in [0.2, 0.25) is 0 Å². The number of nitrogens with zero attached hydrogens (tertiary/aromatic N) is 2. The van der Waals surface area contributed by atoms with Crippen LogP contribution in [0.4, 0.5) is 18.9 Å². The Morgan fingerprint density at radius 3 is 2.14 bits per heavy atom. The molecule has 2 rings (SSSR count). The molecule has 0 aromatic heterocycles. The maximum atomic E-state index is 13.4. The zero-order valence-corrected chi connectivity index (χ0v) is 23.0. The van der Waals surface area contributed by atoms with Gasteiger partial charge in [-0.05, 0) is 63.6 Å². The molecule has 0 aliphatic heterocycles. The van der Waals surface area contributed by atoms with E-state index in [2.05, 4.69) is 21.2 Å². The van der Waals surface area contributed by atoms with Gasteiger partial charge in [-0.3, -0.25) is 13.9 Å². The number of halogens is 4. The summed E-state index contributed by atoms with van der Waals surface area (Å²) in [5.74, 6) is -1.21. The predicted octanol–water partition coefficient (Wildman–Crippen LogP) is 4.57. The molecule has 1 unspecified atom stereocenters. The predicted molar refractivity (Wildman–Crippen MR) is 136 cm³/mol. The first kappa shape index (κ1) is 29.6. The summed E-state index contributed by atoms with van der Waals surface area (Å²) in [5, 5.41) is 2.79. The number of benzene rings is 2. The zero-order chi connectivity index (χ0) is 27.5. The van der Waals surface area contributed by atoms with E-state index in [-0.39, 0.29) is 12.2 Å².